The molecule has 228 valence electrons. The second-order valence-corrected chi connectivity index (χ2v) is 12.6. The first-order valence-corrected chi connectivity index (χ1v) is 16.7. The Balaban J connectivity index is 1.27. The summed E-state index contributed by atoms with van der Waals surface area (Å²) in [5.74, 6) is 0.722. The fourth-order valence-electron chi connectivity index (χ4n) is 7.51. The monoisotopic (exact) mass is 623 g/mol. The minimum Gasteiger partial charge on any atom is -0.309 e. The van der Waals surface area contributed by atoms with Crippen molar-refractivity contribution in [3.8, 4) is 39.6 Å². The third-order valence-electron chi connectivity index (χ3n) is 9.77. The maximum absolute atomic E-state index is 5.41. The molecule has 0 atom stereocenters. The minimum atomic E-state index is 0.722. The first kappa shape index (κ1) is 27.5. The Morgan fingerprint density at radius 1 is 0.347 bits per heavy atom. The van der Waals surface area contributed by atoms with E-state index >= 15 is 0 Å². The number of para-hydroxylation sites is 2. The topological polar surface area (TPSA) is 30.7 Å². The van der Waals surface area contributed by atoms with Crippen LogP contribution in [0.5, 0.6) is 0 Å². The fraction of sp³-hybridized carbons (Fsp3) is 0. The maximum Gasteiger partial charge on any atom is 0.161 e. The van der Waals surface area contributed by atoms with Crippen LogP contribution < -0.4 is 0 Å². The number of rotatable bonds is 4. The van der Waals surface area contributed by atoms with Crippen LogP contribution in [0.4, 0.5) is 0 Å². The number of aromatic nitrogens is 3. The van der Waals surface area contributed by atoms with E-state index < -0.39 is 0 Å². The lowest BCUT2D eigenvalue weighted by molar-refractivity contribution is 1.18. The SMILES string of the molecule is c1ccc(-c2cc(-c3ccc4c(c3)c3ccccc3n4-c3ccccc3)nc(-c3c4ccccc4cc4c3ccc3ccccc34)n2)cc1. The first-order chi connectivity index (χ1) is 24.3. The third kappa shape index (κ3) is 4.44. The molecule has 0 N–H and O–H groups in total. The number of hydrogen-bond acceptors (Lipinski definition) is 2. The summed E-state index contributed by atoms with van der Waals surface area (Å²) in [5, 5.41) is 9.53. The highest BCUT2D eigenvalue weighted by atomic mass is 15.0. The van der Waals surface area contributed by atoms with Gasteiger partial charge in [0.1, 0.15) is 0 Å². The van der Waals surface area contributed by atoms with Gasteiger partial charge in [-0.2, -0.15) is 0 Å². The molecular formula is C46H29N3. The van der Waals surface area contributed by atoms with Crippen molar-refractivity contribution in [3.05, 3.63) is 176 Å². The molecule has 2 aromatic heterocycles. The van der Waals surface area contributed by atoms with Gasteiger partial charge in [-0.1, -0.05) is 133 Å². The molecule has 0 spiro atoms. The van der Waals surface area contributed by atoms with Crippen LogP contribution >= 0.6 is 0 Å². The maximum atomic E-state index is 5.41. The quantitative estimate of drug-likeness (QED) is 0.144. The molecule has 0 saturated carbocycles. The number of nitrogens with zero attached hydrogens (tertiary/aromatic N) is 3. The Bertz CT molecular complexity index is 2870. The zero-order chi connectivity index (χ0) is 32.3. The van der Waals surface area contributed by atoms with Gasteiger partial charge >= 0.3 is 0 Å². The van der Waals surface area contributed by atoms with Crippen molar-refractivity contribution in [2.24, 2.45) is 0 Å². The summed E-state index contributed by atoms with van der Waals surface area (Å²) in [4.78, 5) is 10.7. The van der Waals surface area contributed by atoms with Crippen LogP contribution in [0.15, 0.2) is 176 Å². The van der Waals surface area contributed by atoms with E-state index in [4.69, 9.17) is 9.97 Å². The Labute approximate surface area is 283 Å². The largest absolute Gasteiger partial charge is 0.309 e. The minimum absolute atomic E-state index is 0.722. The van der Waals surface area contributed by atoms with Gasteiger partial charge in [0.2, 0.25) is 0 Å². The van der Waals surface area contributed by atoms with E-state index in [1.165, 1.54) is 43.4 Å². The molecule has 8 aromatic carbocycles. The standard InChI is InChI=1S/C46H29N3/c1-3-14-31(15-4-1)41-29-42(33-24-26-44-40(28-33)37-21-11-12-22-43(37)49(44)34-17-5-2-6-18-34)48-46(47-41)45-36-20-10-8-16-32(36)27-39-35-19-9-7-13-30(35)23-25-38(39)45/h1-29H. The molecule has 0 aliphatic carbocycles. The highest BCUT2D eigenvalue weighted by Crippen LogP contribution is 2.40. The second kappa shape index (κ2) is 11.0. The molecule has 0 bridgehead atoms. The molecule has 0 unspecified atom stereocenters. The van der Waals surface area contributed by atoms with Gasteiger partial charge in [-0.25, -0.2) is 9.97 Å². The van der Waals surface area contributed by atoms with E-state index in [0.717, 1.165) is 50.4 Å². The molecule has 0 amide bonds. The van der Waals surface area contributed by atoms with Crippen molar-refractivity contribution < 1.29 is 0 Å². The van der Waals surface area contributed by atoms with E-state index in [9.17, 15) is 0 Å². The van der Waals surface area contributed by atoms with E-state index in [2.05, 4.69) is 174 Å². The van der Waals surface area contributed by atoms with Gasteiger partial charge in [-0.05, 0) is 74.8 Å². The van der Waals surface area contributed by atoms with Gasteiger partial charge in [0, 0.05) is 33.2 Å². The third-order valence-corrected chi connectivity index (χ3v) is 9.77. The molecule has 0 aliphatic rings. The molecule has 10 aromatic rings. The van der Waals surface area contributed by atoms with Gasteiger partial charge in [0.05, 0.1) is 22.4 Å². The van der Waals surface area contributed by atoms with E-state index in [0.29, 0.717) is 0 Å². The number of fused-ring (bicyclic) bond motifs is 7. The van der Waals surface area contributed by atoms with E-state index in [1.807, 2.05) is 6.07 Å². The van der Waals surface area contributed by atoms with Crippen LogP contribution in [0.3, 0.4) is 0 Å². The molecule has 49 heavy (non-hydrogen) atoms. The van der Waals surface area contributed by atoms with Crippen LogP contribution in [-0.2, 0) is 0 Å². The van der Waals surface area contributed by atoms with E-state index in [-0.39, 0.29) is 0 Å². The normalized spacial score (nSPS) is 11.7. The molecule has 0 radical (unpaired) electrons. The first-order valence-electron chi connectivity index (χ1n) is 16.7. The summed E-state index contributed by atoms with van der Waals surface area (Å²) in [5.41, 5.74) is 8.46. The van der Waals surface area contributed by atoms with Crippen LogP contribution in [-0.4, -0.2) is 14.5 Å². The molecule has 3 nitrogen and oxygen atoms in total. The van der Waals surface area contributed by atoms with Crippen LogP contribution in [0.25, 0.3) is 93.7 Å². The smallest absolute Gasteiger partial charge is 0.161 e. The van der Waals surface area contributed by atoms with Crippen LogP contribution in [0.2, 0.25) is 0 Å². The van der Waals surface area contributed by atoms with Crippen molar-refractivity contribution in [1.29, 1.82) is 0 Å². The Morgan fingerprint density at radius 2 is 0.980 bits per heavy atom. The number of benzene rings is 8. The summed E-state index contributed by atoms with van der Waals surface area (Å²) < 4.78 is 2.35. The van der Waals surface area contributed by atoms with Crippen molar-refractivity contribution in [3.63, 3.8) is 0 Å². The van der Waals surface area contributed by atoms with Crippen molar-refractivity contribution >= 4 is 54.1 Å². The Kier molecular flexibility index (Phi) is 6.18. The van der Waals surface area contributed by atoms with Gasteiger partial charge in [-0.15, -0.1) is 0 Å². The lowest BCUT2D eigenvalue weighted by Crippen LogP contribution is -1.98. The van der Waals surface area contributed by atoms with Gasteiger partial charge in [-0.3, -0.25) is 0 Å². The van der Waals surface area contributed by atoms with Crippen molar-refractivity contribution in [2.75, 3.05) is 0 Å². The predicted molar refractivity (Wildman–Crippen MR) is 205 cm³/mol. The highest BCUT2D eigenvalue weighted by molar-refractivity contribution is 6.19. The molecule has 10 rings (SSSR count). The highest BCUT2D eigenvalue weighted by Gasteiger charge is 2.19. The molecule has 2 heterocycles. The predicted octanol–water partition coefficient (Wildman–Crippen LogP) is 12.0. The second-order valence-electron chi connectivity index (χ2n) is 12.6. The zero-order valence-electron chi connectivity index (χ0n) is 26.6. The zero-order valence-corrected chi connectivity index (χ0v) is 26.6. The lowest BCUT2D eigenvalue weighted by Gasteiger charge is -2.15. The molecule has 0 saturated heterocycles. The number of hydrogen-bond donors (Lipinski definition) is 0. The molecule has 3 heteroatoms. The summed E-state index contributed by atoms with van der Waals surface area (Å²) in [6.45, 7) is 0. The summed E-state index contributed by atoms with van der Waals surface area (Å²) in [7, 11) is 0. The Hall–Kier alpha value is -6.58. The van der Waals surface area contributed by atoms with Crippen LogP contribution in [0.1, 0.15) is 0 Å². The van der Waals surface area contributed by atoms with E-state index in [1.54, 1.807) is 0 Å². The summed E-state index contributed by atoms with van der Waals surface area (Å²) >= 11 is 0. The van der Waals surface area contributed by atoms with Gasteiger partial charge in [0.15, 0.2) is 5.82 Å². The summed E-state index contributed by atoms with van der Waals surface area (Å²) in [6.07, 6.45) is 0. The van der Waals surface area contributed by atoms with Crippen molar-refractivity contribution in [1.82, 2.24) is 14.5 Å². The van der Waals surface area contributed by atoms with Gasteiger partial charge < -0.3 is 4.57 Å². The fourth-order valence-corrected chi connectivity index (χ4v) is 7.51. The molecule has 0 fully saturated rings. The Morgan fingerprint density at radius 3 is 1.80 bits per heavy atom. The average Bonchev–Trinajstić information content (AvgIpc) is 3.51. The van der Waals surface area contributed by atoms with Gasteiger partial charge in [0.25, 0.3) is 0 Å². The lowest BCUT2D eigenvalue weighted by atomic mass is 9.92. The average molecular weight is 624 g/mol. The van der Waals surface area contributed by atoms with Crippen LogP contribution in [0, 0.1) is 0 Å². The molecule has 0 aliphatic heterocycles. The molecular weight excluding hydrogens is 595 g/mol. The van der Waals surface area contributed by atoms with Crippen molar-refractivity contribution in [2.45, 2.75) is 0 Å². The summed E-state index contributed by atoms with van der Waals surface area (Å²) in [6, 6.07) is 62.5.